The summed E-state index contributed by atoms with van der Waals surface area (Å²) in [5.74, 6) is 0.723. The molecule has 1 heterocycles. The molecule has 0 aliphatic heterocycles. The van der Waals surface area contributed by atoms with Gasteiger partial charge in [0.05, 0.1) is 0 Å². The summed E-state index contributed by atoms with van der Waals surface area (Å²) in [5.41, 5.74) is 0.493. The highest BCUT2D eigenvalue weighted by molar-refractivity contribution is 6.00. The third-order valence-corrected chi connectivity index (χ3v) is 4.01. The van der Waals surface area contributed by atoms with Crippen LogP contribution in [0.5, 0.6) is 0 Å². The van der Waals surface area contributed by atoms with Gasteiger partial charge in [-0.05, 0) is 24.3 Å². The molecule has 4 nitrogen and oxygen atoms in total. The van der Waals surface area contributed by atoms with E-state index in [1.807, 2.05) is 44.4 Å². The Hall–Kier alpha value is -2.10. The second kappa shape index (κ2) is 6.57. The van der Waals surface area contributed by atoms with Crippen molar-refractivity contribution in [1.29, 1.82) is 0 Å². The van der Waals surface area contributed by atoms with E-state index in [0.29, 0.717) is 5.69 Å². The molecule has 0 saturated carbocycles. The number of nitrogens with one attached hydrogen (secondary N) is 1. The number of fused-ring (bicyclic) bond motifs is 1. The van der Waals surface area contributed by atoms with Crippen LogP contribution in [0, 0.1) is 0 Å². The van der Waals surface area contributed by atoms with Gasteiger partial charge < -0.3 is 10.2 Å². The van der Waals surface area contributed by atoms with Crippen molar-refractivity contribution >= 4 is 22.5 Å². The number of aromatic nitrogens is 1. The molecule has 1 amide bonds. The number of benzene rings is 1. The third kappa shape index (κ3) is 2.99. The number of carbonyl (C=O) groups excluding carboxylic acids is 1. The van der Waals surface area contributed by atoms with Crippen molar-refractivity contribution in [2.24, 2.45) is 0 Å². The minimum atomic E-state index is -0.0223. The summed E-state index contributed by atoms with van der Waals surface area (Å²) in [6.45, 7) is 4.20. The molecule has 0 bridgehead atoms. The van der Waals surface area contributed by atoms with Crippen LogP contribution in [0.15, 0.2) is 30.3 Å². The maximum absolute atomic E-state index is 12.7. The fraction of sp³-hybridized carbons (Fsp3) is 0.412. The van der Waals surface area contributed by atoms with E-state index in [0.717, 1.165) is 29.4 Å². The predicted molar refractivity (Wildman–Crippen MR) is 87.8 cm³/mol. The molecule has 0 saturated heterocycles. The molecule has 0 spiro atoms. The van der Waals surface area contributed by atoms with Gasteiger partial charge >= 0.3 is 0 Å². The summed E-state index contributed by atoms with van der Waals surface area (Å²) in [6, 6.07) is 10.1. The summed E-state index contributed by atoms with van der Waals surface area (Å²) < 4.78 is 0. The van der Waals surface area contributed by atoms with E-state index in [-0.39, 0.29) is 11.9 Å². The first kappa shape index (κ1) is 15.3. The number of nitrogens with zero attached hydrogens (tertiary/aromatic N) is 2. The van der Waals surface area contributed by atoms with E-state index in [1.165, 1.54) is 0 Å². The fourth-order valence-corrected chi connectivity index (χ4v) is 2.68. The van der Waals surface area contributed by atoms with Crippen molar-refractivity contribution in [2.45, 2.75) is 32.7 Å². The molecular weight excluding hydrogens is 262 g/mol. The molecule has 0 atom stereocenters. The maximum atomic E-state index is 12.7. The van der Waals surface area contributed by atoms with Gasteiger partial charge in [-0.1, -0.05) is 38.1 Å². The van der Waals surface area contributed by atoms with Gasteiger partial charge in [-0.2, -0.15) is 0 Å². The summed E-state index contributed by atoms with van der Waals surface area (Å²) >= 11 is 0. The molecule has 112 valence electrons. The second-order valence-electron chi connectivity index (χ2n) is 5.21. The number of carbonyl (C=O) groups is 1. The van der Waals surface area contributed by atoms with Crippen LogP contribution in [-0.4, -0.2) is 35.9 Å². The van der Waals surface area contributed by atoms with Gasteiger partial charge in [-0.3, -0.25) is 4.79 Å². The lowest BCUT2D eigenvalue weighted by Gasteiger charge is -2.26. The van der Waals surface area contributed by atoms with Crippen molar-refractivity contribution in [3.63, 3.8) is 0 Å². The number of amides is 1. The Morgan fingerprint density at radius 2 is 1.95 bits per heavy atom. The summed E-state index contributed by atoms with van der Waals surface area (Å²) in [7, 11) is 3.68. The molecule has 2 aromatic rings. The molecule has 0 aliphatic carbocycles. The van der Waals surface area contributed by atoms with E-state index in [1.54, 1.807) is 4.90 Å². The molecule has 21 heavy (non-hydrogen) atoms. The Morgan fingerprint density at radius 1 is 1.29 bits per heavy atom. The number of pyridine rings is 1. The first-order chi connectivity index (χ1) is 10.1. The summed E-state index contributed by atoms with van der Waals surface area (Å²) in [5, 5.41) is 5.13. The van der Waals surface area contributed by atoms with Crippen molar-refractivity contribution < 1.29 is 4.79 Å². The SMILES string of the molecule is CCC(CC)N(C)C(=O)c1cc2ccccc2c(NC)n1. The largest absolute Gasteiger partial charge is 0.373 e. The Balaban J connectivity index is 2.44. The highest BCUT2D eigenvalue weighted by atomic mass is 16.2. The van der Waals surface area contributed by atoms with Crippen molar-refractivity contribution in [1.82, 2.24) is 9.88 Å². The van der Waals surface area contributed by atoms with Crippen molar-refractivity contribution in [3.8, 4) is 0 Å². The molecule has 2 rings (SSSR count). The molecular formula is C17H23N3O. The van der Waals surface area contributed by atoms with Gasteiger partial charge in [-0.25, -0.2) is 4.98 Å². The van der Waals surface area contributed by atoms with Gasteiger partial charge in [0.15, 0.2) is 0 Å². The standard InChI is InChI=1S/C17H23N3O/c1-5-13(6-2)20(4)17(21)15-11-12-9-7-8-10-14(12)16(18-3)19-15/h7-11,13H,5-6H2,1-4H3,(H,18,19). The van der Waals surface area contributed by atoms with Crippen LogP contribution in [0.1, 0.15) is 37.2 Å². The molecule has 0 radical (unpaired) electrons. The lowest BCUT2D eigenvalue weighted by atomic mass is 10.1. The highest BCUT2D eigenvalue weighted by Crippen LogP contribution is 2.23. The highest BCUT2D eigenvalue weighted by Gasteiger charge is 2.20. The van der Waals surface area contributed by atoms with Gasteiger partial charge in [0.1, 0.15) is 11.5 Å². The number of rotatable bonds is 5. The fourth-order valence-electron chi connectivity index (χ4n) is 2.68. The smallest absolute Gasteiger partial charge is 0.272 e. The first-order valence-corrected chi connectivity index (χ1v) is 7.47. The van der Waals surface area contributed by atoms with Crippen molar-refractivity contribution in [2.75, 3.05) is 19.4 Å². The Bertz CT molecular complexity index is 635. The Labute approximate surface area is 126 Å². The molecule has 0 unspecified atom stereocenters. The minimum absolute atomic E-state index is 0.0223. The Morgan fingerprint density at radius 3 is 2.57 bits per heavy atom. The molecule has 0 fully saturated rings. The van der Waals surface area contributed by atoms with Gasteiger partial charge in [0.2, 0.25) is 0 Å². The quantitative estimate of drug-likeness (QED) is 0.914. The van der Waals surface area contributed by atoms with E-state index < -0.39 is 0 Å². The second-order valence-corrected chi connectivity index (χ2v) is 5.21. The number of hydrogen-bond acceptors (Lipinski definition) is 3. The lowest BCUT2D eigenvalue weighted by molar-refractivity contribution is 0.0718. The van der Waals surface area contributed by atoms with Crippen LogP contribution in [0.2, 0.25) is 0 Å². The van der Waals surface area contributed by atoms with Crippen LogP contribution in [0.4, 0.5) is 5.82 Å². The molecule has 0 aliphatic rings. The van der Waals surface area contributed by atoms with Crippen molar-refractivity contribution in [3.05, 3.63) is 36.0 Å². The maximum Gasteiger partial charge on any atom is 0.272 e. The van der Waals surface area contributed by atoms with E-state index in [9.17, 15) is 4.79 Å². The van der Waals surface area contributed by atoms with Gasteiger partial charge in [-0.15, -0.1) is 0 Å². The van der Waals surface area contributed by atoms with E-state index >= 15 is 0 Å². The lowest BCUT2D eigenvalue weighted by Crippen LogP contribution is -2.36. The molecule has 1 N–H and O–H groups in total. The van der Waals surface area contributed by atoms with Crippen LogP contribution in [-0.2, 0) is 0 Å². The summed E-state index contributed by atoms with van der Waals surface area (Å²) in [6.07, 6.45) is 1.90. The first-order valence-electron chi connectivity index (χ1n) is 7.47. The summed E-state index contributed by atoms with van der Waals surface area (Å²) in [4.78, 5) is 18.9. The normalized spacial score (nSPS) is 10.9. The topological polar surface area (TPSA) is 45.2 Å². The van der Waals surface area contributed by atoms with Crippen LogP contribution >= 0.6 is 0 Å². The molecule has 1 aromatic carbocycles. The van der Waals surface area contributed by atoms with Gasteiger partial charge in [0, 0.05) is 25.5 Å². The zero-order chi connectivity index (χ0) is 15.4. The van der Waals surface area contributed by atoms with Gasteiger partial charge in [0.25, 0.3) is 5.91 Å². The average molecular weight is 285 g/mol. The van der Waals surface area contributed by atoms with Crippen LogP contribution in [0.25, 0.3) is 10.8 Å². The zero-order valence-corrected chi connectivity index (χ0v) is 13.2. The predicted octanol–water partition coefficient (Wildman–Crippen LogP) is 3.54. The monoisotopic (exact) mass is 285 g/mol. The molecule has 1 aromatic heterocycles. The average Bonchev–Trinajstić information content (AvgIpc) is 2.54. The number of hydrogen-bond donors (Lipinski definition) is 1. The Kier molecular flexibility index (Phi) is 4.78. The third-order valence-electron chi connectivity index (χ3n) is 4.01. The number of anilines is 1. The van der Waals surface area contributed by atoms with E-state index in [2.05, 4.69) is 24.1 Å². The van der Waals surface area contributed by atoms with E-state index in [4.69, 9.17) is 0 Å². The van der Waals surface area contributed by atoms with Crippen LogP contribution in [0.3, 0.4) is 0 Å². The van der Waals surface area contributed by atoms with Crippen LogP contribution < -0.4 is 5.32 Å². The molecule has 4 heteroatoms. The minimum Gasteiger partial charge on any atom is -0.373 e. The zero-order valence-electron chi connectivity index (χ0n) is 13.2.